The molecule has 6 heteroatoms. The predicted octanol–water partition coefficient (Wildman–Crippen LogP) is 1.97. The molecule has 1 aromatic carbocycles. The number of carbonyl (C=O) groups excluding carboxylic acids is 2. The third-order valence-corrected chi connectivity index (χ3v) is 5.15. The smallest absolute Gasteiger partial charge is 0.239 e. The number of likely N-dealkylation sites (tertiary alicyclic amines) is 2. The van der Waals surface area contributed by atoms with Gasteiger partial charge in [0.15, 0.2) is 0 Å². The minimum absolute atomic E-state index is 0.0232. The Hall–Kier alpha value is -2.08. The molecule has 2 aliphatic heterocycles. The van der Waals surface area contributed by atoms with Crippen LogP contribution in [-0.2, 0) is 9.59 Å². The van der Waals surface area contributed by atoms with E-state index in [1.807, 2.05) is 23.1 Å². The standard InChI is InChI=1S/C19H27N3O3/c1-3-17(21-9-4-5-10-21)19(24)22-12-14(13-22)18(23)20-15-7-6-8-16(11-15)25-2/h6-8,11,14,17H,3-5,9-10,12-13H2,1-2H3,(H,20,23). The molecule has 136 valence electrons. The molecule has 0 aliphatic carbocycles. The number of hydrogen-bond acceptors (Lipinski definition) is 4. The second-order valence-corrected chi connectivity index (χ2v) is 6.83. The zero-order chi connectivity index (χ0) is 17.8. The zero-order valence-corrected chi connectivity index (χ0v) is 15.0. The minimum atomic E-state index is -0.133. The van der Waals surface area contributed by atoms with Crippen LogP contribution in [0.2, 0.25) is 0 Å². The van der Waals surface area contributed by atoms with Crippen molar-refractivity contribution >= 4 is 17.5 Å². The summed E-state index contributed by atoms with van der Waals surface area (Å²) in [6, 6.07) is 7.28. The van der Waals surface area contributed by atoms with Crippen LogP contribution in [0.25, 0.3) is 0 Å². The summed E-state index contributed by atoms with van der Waals surface area (Å²) in [6.07, 6.45) is 3.18. The number of methoxy groups -OCH3 is 1. The maximum absolute atomic E-state index is 12.7. The average Bonchev–Trinajstić information content (AvgIpc) is 3.08. The van der Waals surface area contributed by atoms with Crippen molar-refractivity contribution in [2.24, 2.45) is 5.92 Å². The van der Waals surface area contributed by atoms with Gasteiger partial charge in [-0.05, 0) is 44.5 Å². The highest BCUT2D eigenvalue weighted by atomic mass is 16.5. The molecule has 2 fully saturated rings. The molecule has 2 saturated heterocycles. The van der Waals surface area contributed by atoms with Gasteiger partial charge in [0, 0.05) is 24.8 Å². The van der Waals surface area contributed by atoms with Crippen molar-refractivity contribution in [1.82, 2.24) is 9.80 Å². The molecular weight excluding hydrogens is 318 g/mol. The molecule has 2 heterocycles. The molecule has 1 unspecified atom stereocenters. The van der Waals surface area contributed by atoms with Gasteiger partial charge in [0.05, 0.1) is 19.1 Å². The molecule has 1 aromatic rings. The molecular formula is C19H27N3O3. The minimum Gasteiger partial charge on any atom is -0.497 e. The van der Waals surface area contributed by atoms with Gasteiger partial charge in [-0.2, -0.15) is 0 Å². The third-order valence-electron chi connectivity index (χ3n) is 5.15. The van der Waals surface area contributed by atoms with Crippen LogP contribution in [0.3, 0.4) is 0 Å². The predicted molar refractivity (Wildman–Crippen MR) is 96.6 cm³/mol. The highest BCUT2D eigenvalue weighted by Crippen LogP contribution is 2.24. The quantitative estimate of drug-likeness (QED) is 0.856. The summed E-state index contributed by atoms with van der Waals surface area (Å²) in [5, 5.41) is 2.91. The van der Waals surface area contributed by atoms with Crippen LogP contribution in [0.1, 0.15) is 26.2 Å². The monoisotopic (exact) mass is 345 g/mol. The first kappa shape index (κ1) is 17.7. The van der Waals surface area contributed by atoms with Crippen molar-refractivity contribution < 1.29 is 14.3 Å². The highest BCUT2D eigenvalue weighted by molar-refractivity contribution is 5.95. The van der Waals surface area contributed by atoms with Crippen molar-refractivity contribution in [3.63, 3.8) is 0 Å². The van der Waals surface area contributed by atoms with E-state index in [1.165, 1.54) is 12.8 Å². The molecule has 2 aliphatic rings. The van der Waals surface area contributed by atoms with Crippen LogP contribution in [0.15, 0.2) is 24.3 Å². The summed E-state index contributed by atoms with van der Waals surface area (Å²) in [6.45, 7) is 5.11. The van der Waals surface area contributed by atoms with E-state index in [9.17, 15) is 9.59 Å². The lowest BCUT2D eigenvalue weighted by atomic mass is 9.97. The largest absolute Gasteiger partial charge is 0.497 e. The van der Waals surface area contributed by atoms with Gasteiger partial charge in [-0.3, -0.25) is 14.5 Å². The molecule has 2 amide bonds. The molecule has 0 radical (unpaired) electrons. The number of carbonyl (C=O) groups is 2. The van der Waals surface area contributed by atoms with Crippen LogP contribution >= 0.6 is 0 Å². The number of nitrogens with zero attached hydrogens (tertiary/aromatic N) is 2. The fourth-order valence-corrected chi connectivity index (χ4v) is 3.62. The number of amides is 2. The summed E-state index contributed by atoms with van der Waals surface area (Å²) in [4.78, 5) is 29.2. The first-order chi connectivity index (χ1) is 12.1. The topological polar surface area (TPSA) is 61.9 Å². The van der Waals surface area contributed by atoms with E-state index in [-0.39, 0.29) is 23.8 Å². The second kappa shape index (κ2) is 7.87. The summed E-state index contributed by atoms with van der Waals surface area (Å²) in [5.74, 6) is 0.715. The van der Waals surface area contributed by atoms with Crippen LogP contribution in [-0.4, -0.2) is 60.9 Å². The Balaban J connectivity index is 1.50. The Morgan fingerprint density at radius 3 is 2.64 bits per heavy atom. The summed E-state index contributed by atoms with van der Waals surface area (Å²) < 4.78 is 5.16. The Kier molecular flexibility index (Phi) is 5.58. The molecule has 3 rings (SSSR count). The molecule has 0 aromatic heterocycles. The Morgan fingerprint density at radius 1 is 1.28 bits per heavy atom. The maximum Gasteiger partial charge on any atom is 0.239 e. The lowest BCUT2D eigenvalue weighted by Gasteiger charge is -2.41. The lowest BCUT2D eigenvalue weighted by molar-refractivity contribution is -0.146. The first-order valence-corrected chi connectivity index (χ1v) is 9.10. The number of nitrogens with one attached hydrogen (secondary N) is 1. The fourth-order valence-electron chi connectivity index (χ4n) is 3.62. The number of benzene rings is 1. The Labute approximate surface area is 149 Å². The number of hydrogen-bond donors (Lipinski definition) is 1. The molecule has 1 N–H and O–H groups in total. The van der Waals surface area contributed by atoms with Gasteiger partial charge in [-0.25, -0.2) is 0 Å². The van der Waals surface area contributed by atoms with Gasteiger partial charge in [0.1, 0.15) is 5.75 Å². The maximum atomic E-state index is 12.7. The summed E-state index contributed by atoms with van der Waals surface area (Å²) >= 11 is 0. The average molecular weight is 345 g/mol. The molecule has 0 spiro atoms. The van der Waals surface area contributed by atoms with Gasteiger partial charge in [-0.15, -0.1) is 0 Å². The first-order valence-electron chi connectivity index (χ1n) is 9.10. The van der Waals surface area contributed by atoms with E-state index < -0.39 is 0 Å². The van der Waals surface area contributed by atoms with E-state index in [1.54, 1.807) is 13.2 Å². The van der Waals surface area contributed by atoms with E-state index in [0.717, 1.165) is 25.2 Å². The summed E-state index contributed by atoms with van der Waals surface area (Å²) in [7, 11) is 1.60. The van der Waals surface area contributed by atoms with Crippen LogP contribution in [0.5, 0.6) is 5.75 Å². The Bertz CT molecular complexity index is 622. The van der Waals surface area contributed by atoms with Crippen molar-refractivity contribution in [3.8, 4) is 5.75 Å². The van der Waals surface area contributed by atoms with Crippen molar-refractivity contribution in [2.75, 3.05) is 38.6 Å². The van der Waals surface area contributed by atoms with E-state index >= 15 is 0 Å². The third kappa shape index (κ3) is 3.95. The number of anilines is 1. The van der Waals surface area contributed by atoms with Crippen molar-refractivity contribution in [2.45, 2.75) is 32.2 Å². The van der Waals surface area contributed by atoms with Gasteiger partial charge in [0.2, 0.25) is 11.8 Å². The van der Waals surface area contributed by atoms with Gasteiger partial charge >= 0.3 is 0 Å². The van der Waals surface area contributed by atoms with Crippen LogP contribution in [0.4, 0.5) is 5.69 Å². The van der Waals surface area contributed by atoms with E-state index in [2.05, 4.69) is 17.1 Å². The zero-order valence-electron chi connectivity index (χ0n) is 15.0. The molecule has 25 heavy (non-hydrogen) atoms. The SMILES string of the molecule is CCC(C(=O)N1CC(C(=O)Nc2cccc(OC)c2)C1)N1CCCC1. The van der Waals surface area contributed by atoms with Gasteiger partial charge in [-0.1, -0.05) is 13.0 Å². The fraction of sp³-hybridized carbons (Fsp3) is 0.579. The molecule has 1 atom stereocenters. The normalized spacial score (nSPS) is 19.4. The van der Waals surface area contributed by atoms with E-state index in [4.69, 9.17) is 4.74 Å². The number of ether oxygens (including phenoxy) is 1. The Morgan fingerprint density at radius 2 is 2.00 bits per heavy atom. The lowest BCUT2D eigenvalue weighted by Crippen LogP contribution is -2.59. The van der Waals surface area contributed by atoms with Crippen molar-refractivity contribution in [1.29, 1.82) is 0 Å². The van der Waals surface area contributed by atoms with E-state index in [0.29, 0.717) is 18.8 Å². The number of rotatable bonds is 6. The van der Waals surface area contributed by atoms with Gasteiger partial charge in [0.25, 0.3) is 0 Å². The highest BCUT2D eigenvalue weighted by Gasteiger charge is 2.39. The van der Waals surface area contributed by atoms with Crippen molar-refractivity contribution in [3.05, 3.63) is 24.3 Å². The van der Waals surface area contributed by atoms with Gasteiger partial charge < -0.3 is 15.0 Å². The molecule has 0 bridgehead atoms. The second-order valence-electron chi connectivity index (χ2n) is 6.83. The van der Waals surface area contributed by atoms with Crippen LogP contribution in [0, 0.1) is 5.92 Å². The molecule has 6 nitrogen and oxygen atoms in total. The van der Waals surface area contributed by atoms with Crippen LogP contribution < -0.4 is 10.1 Å². The molecule has 0 saturated carbocycles. The summed E-state index contributed by atoms with van der Waals surface area (Å²) in [5.41, 5.74) is 0.720.